The standard InChI is InChI=1S/C16H15F3N4O2/c1-3-7-24-13-9(2)22-23-15(12(13)14(20)21)25-11-6-4-5-10(8-11)16(17,18)19/h3-6,8H,1,7H2,2H3,(H3,20,21). The molecule has 0 unspecified atom stereocenters. The average molecular weight is 352 g/mol. The maximum atomic E-state index is 12.8. The van der Waals surface area contributed by atoms with Crippen LogP contribution in [0.5, 0.6) is 17.4 Å². The molecule has 1 aromatic heterocycles. The Morgan fingerprint density at radius 3 is 2.68 bits per heavy atom. The van der Waals surface area contributed by atoms with Gasteiger partial charge in [0, 0.05) is 0 Å². The van der Waals surface area contributed by atoms with E-state index in [1.165, 1.54) is 18.2 Å². The Morgan fingerprint density at radius 1 is 1.36 bits per heavy atom. The summed E-state index contributed by atoms with van der Waals surface area (Å²) in [5.74, 6) is -0.606. The van der Waals surface area contributed by atoms with Crippen molar-refractivity contribution in [3.63, 3.8) is 0 Å². The predicted octanol–water partition coefficient (Wildman–Crippen LogP) is 3.44. The molecule has 9 heteroatoms. The van der Waals surface area contributed by atoms with Gasteiger partial charge in [0.2, 0.25) is 0 Å². The number of ether oxygens (including phenoxy) is 2. The molecule has 6 nitrogen and oxygen atoms in total. The molecule has 0 aliphatic rings. The minimum Gasteiger partial charge on any atom is -0.487 e. The molecule has 0 fully saturated rings. The van der Waals surface area contributed by atoms with E-state index in [0.717, 1.165) is 12.1 Å². The van der Waals surface area contributed by atoms with Gasteiger partial charge in [-0.05, 0) is 25.1 Å². The molecular formula is C16H15F3N4O2. The molecular weight excluding hydrogens is 337 g/mol. The van der Waals surface area contributed by atoms with Crippen molar-refractivity contribution >= 4 is 5.84 Å². The number of aryl methyl sites for hydroxylation is 1. The summed E-state index contributed by atoms with van der Waals surface area (Å²) in [7, 11) is 0. The van der Waals surface area contributed by atoms with Gasteiger partial charge in [-0.25, -0.2) is 0 Å². The first kappa shape index (κ1) is 18.2. The van der Waals surface area contributed by atoms with Gasteiger partial charge in [0.25, 0.3) is 5.88 Å². The number of amidine groups is 1. The van der Waals surface area contributed by atoms with Crippen LogP contribution in [0, 0.1) is 12.3 Å². The molecule has 0 saturated heterocycles. The minimum absolute atomic E-state index is 0.00626. The molecule has 1 heterocycles. The first-order valence-corrected chi connectivity index (χ1v) is 7.04. The fourth-order valence-electron chi connectivity index (χ4n) is 1.97. The van der Waals surface area contributed by atoms with Gasteiger partial charge in [-0.3, -0.25) is 5.41 Å². The summed E-state index contributed by atoms with van der Waals surface area (Å²) in [6, 6.07) is 4.25. The lowest BCUT2D eigenvalue weighted by Gasteiger charge is -2.15. The Labute approximate surface area is 141 Å². The normalized spacial score (nSPS) is 11.0. The molecule has 0 aliphatic carbocycles. The first-order valence-electron chi connectivity index (χ1n) is 7.04. The second-order valence-electron chi connectivity index (χ2n) is 4.94. The van der Waals surface area contributed by atoms with Crippen molar-refractivity contribution in [2.24, 2.45) is 5.73 Å². The van der Waals surface area contributed by atoms with Crippen molar-refractivity contribution < 1.29 is 22.6 Å². The number of nitrogens with zero attached hydrogens (tertiary/aromatic N) is 2. The van der Waals surface area contributed by atoms with Gasteiger partial charge in [0.15, 0.2) is 5.75 Å². The number of nitrogen functional groups attached to an aromatic ring is 1. The van der Waals surface area contributed by atoms with Crippen LogP contribution in [0.4, 0.5) is 13.2 Å². The molecule has 25 heavy (non-hydrogen) atoms. The van der Waals surface area contributed by atoms with Crippen molar-refractivity contribution in [1.82, 2.24) is 10.2 Å². The Bertz CT molecular complexity index is 806. The van der Waals surface area contributed by atoms with Gasteiger partial charge in [0.1, 0.15) is 29.4 Å². The summed E-state index contributed by atoms with van der Waals surface area (Å²) in [6.45, 7) is 5.23. The smallest absolute Gasteiger partial charge is 0.416 e. The third kappa shape index (κ3) is 4.25. The highest BCUT2D eigenvalue weighted by Gasteiger charge is 2.31. The molecule has 2 rings (SSSR count). The highest BCUT2D eigenvalue weighted by Crippen LogP contribution is 2.34. The van der Waals surface area contributed by atoms with E-state index in [-0.39, 0.29) is 29.5 Å². The van der Waals surface area contributed by atoms with Gasteiger partial charge in [-0.15, -0.1) is 10.2 Å². The number of hydrogen-bond donors (Lipinski definition) is 2. The molecule has 2 aromatic rings. The highest BCUT2D eigenvalue weighted by molar-refractivity contribution is 6.00. The number of aromatic nitrogens is 2. The fraction of sp³-hybridized carbons (Fsp3) is 0.188. The van der Waals surface area contributed by atoms with Crippen LogP contribution in [-0.2, 0) is 6.18 Å². The molecule has 1 aromatic carbocycles. The van der Waals surface area contributed by atoms with Crippen LogP contribution in [0.1, 0.15) is 16.8 Å². The lowest BCUT2D eigenvalue weighted by molar-refractivity contribution is -0.137. The number of rotatable bonds is 6. The van der Waals surface area contributed by atoms with Crippen LogP contribution in [-0.4, -0.2) is 22.6 Å². The fourth-order valence-corrected chi connectivity index (χ4v) is 1.97. The van der Waals surface area contributed by atoms with Gasteiger partial charge in [-0.2, -0.15) is 13.2 Å². The second kappa shape index (κ2) is 7.20. The van der Waals surface area contributed by atoms with Gasteiger partial charge >= 0.3 is 6.18 Å². The van der Waals surface area contributed by atoms with E-state index < -0.39 is 17.6 Å². The Kier molecular flexibility index (Phi) is 5.26. The first-order chi connectivity index (χ1) is 11.7. The number of halogens is 3. The van der Waals surface area contributed by atoms with Crippen molar-refractivity contribution in [2.45, 2.75) is 13.1 Å². The summed E-state index contributed by atoms with van der Waals surface area (Å²) < 4.78 is 49.2. The van der Waals surface area contributed by atoms with Crippen LogP contribution in [0.25, 0.3) is 0 Å². The maximum Gasteiger partial charge on any atom is 0.416 e. The van der Waals surface area contributed by atoms with Crippen molar-refractivity contribution in [3.8, 4) is 17.4 Å². The zero-order valence-electron chi connectivity index (χ0n) is 13.2. The molecule has 0 amide bonds. The number of benzene rings is 1. The molecule has 3 N–H and O–H groups in total. The SMILES string of the molecule is C=CCOc1c(C)nnc(Oc2cccc(C(F)(F)F)c2)c1C(=N)N. The lowest BCUT2D eigenvalue weighted by atomic mass is 10.2. The number of nitrogens with one attached hydrogen (secondary N) is 1. The van der Waals surface area contributed by atoms with Crippen molar-refractivity contribution in [1.29, 1.82) is 5.41 Å². The average Bonchev–Trinajstić information content (AvgIpc) is 2.54. The van der Waals surface area contributed by atoms with Gasteiger partial charge in [-0.1, -0.05) is 18.7 Å². The number of nitrogens with two attached hydrogens (primary N) is 1. The topological polar surface area (TPSA) is 94.1 Å². The molecule has 0 aliphatic heterocycles. The van der Waals surface area contributed by atoms with E-state index >= 15 is 0 Å². The van der Waals surface area contributed by atoms with Crippen molar-refractivity contribution in [2.75, 3.05) is 6.61 Å². The van der Waals surface area contributed by atoms with Crippen LogP contribution in [0.3, 0.4) is 0 Å². The predicted molar refractivity (Wildman–Crippen MR) is 85.0 cm³/mol. The van der Waals surface area contributed by atoms with Gasteiger partial charge < -0.3 is 15.2 Å². The third-order valence-electron chi connectivity index (χ3n) is 3.05. The molecule has 0 saturated carbocycles. The lowest BCUT2D eigenvalue weighted by Crippen LogP contribution is -2.17. The van der Waals surface area contributed by atoms with E-state index in [2.05, 4.69) is 16.8 Å². The third-order valence-corrected chi connectivity index (χ3v) is 3.05. The summed E-state index contributed by atoms with van der Waals surface area (Å²) in [6.07, 6.45) is -3.03. The monoisotopic (exact) mass is 352 g/mol. The van der Waals surface area contributed by atoms with E-state index in [0.29, 0.717) is 5.69 Å². The minimum atomic E-state index is -4.51. The van der Waals surface area contributed by atoms with E-state index in [1.54, 1.807) is 6.92 Å². The summed E-state index contributed by atoms with van der Waals surface area (Å²) >= 11 is 0. The van der Waals surface area contributed by atoms with Crippen LogP contribution < -0.4 is 15.2 Å². The summed E-state index contributed by atoms with van der Waals surface area (Å²) in [5.41, 5.74) is 5.04. The second-order valence-corrected chi connectivity index (χ2v) is 4.94. The Morgan fingerprint density at radius 2 is 2.08 bits per heavy atom. The zero-order valence-corrected chi connectivity index (χ0v) is 13.2. The van der Waals surface area contributed by atoms with Crippen LogP contribution >= 0.6 is 0 Å². The summed E-state index contributed by atoms with van der Waals surface area (Å²) in [5, 5.41) is 15.3. The highest BCUT2D eigenvalue weighted by atomic mass is 19.4. The van der Waals surface area contributed by atoms with Crippen LogP contribution in [0.2, 0.25) is 0 Å². The zero-order chi connectivity index (χ0) is 18.6. The number of hydrogen-bond acceptors (Lipinski definition) is 5. The number of alkyl halides is 3. The van der Waals surface area contributed by atoms with E-state index in [9.17, 15) is 13.2 Å². The molecule has 132 valence electrons. The quantitative estimate of drug-likeness (QED) is 0.472. The van der Waals surface area contributed by atoms with Crippen LogP contribution in [0.15, 0.2) is 36.9 Å². The Balaban J connectivity index is 2.46. The molecule has 0 spiro atoms. The molecule has 0 bridgehead atoms. The van der Waals surface area contributed by atoms with Crippen molar-refractivity contribution in [3.05, 3.63) is 53.7 Å². The Hall–Kier alpha value is -3.10. The molecule has 0 atom stereocenters. The summed E-state index contributed by atoms with van der Waals surface area (Å²) in [4.78, 5) is 0. The molecule has 0 radical (unpaired) electrons. The largest absolute Gasteiger partial charge is 0.487 e. The van der Waals surface area contributed by atoms with Gasteiger partial charge in [0.05, 0.1) is 5.56 Å². The van der Waals surface area contributed by atoms with E-state index in [1.807, 2.05) is 0 Å². The maximum absolute atomic E-state index is 12.8. The van der Waals surface area contributed by atoms with E-state index in [4.69, 9.17) is 20.6 Å².